The van der Waals surface area contributed by atoms with E-state index in [9.17, 15) is 4.79 Å². The number of Topliss-reactive ketones (excluding diaryl/α,β-unsaturated/α-hetero) is 1. The molecule has 0 N–H and O–H groups in total. The summed E-state index contributed by atoms with van der Waals surface area (Å²) >= 11 is 0. The molecule has 0 fully saturated rings. The van der Waals surface area contributed by atoms with Gasteiger partial charge in [0.25, 0.3) is 0 Å². The summed E-state index contributed by atoms with van der Waals surface area (Å²) in [6.07, 6.45) is 0. The van der Waals surface area contributed by atoms with Crippen molar-refractivity contribution in [2.45, 2.75) is 6.92 Å². The van der Waals surface area contributed by atoms with Gasteiger partial charge in [0.2, 0.25) is 0 Å². The molecular weight excluding hydrogens is 180 g/mol. The monoisotopic (exact) mass is 188 g/mol. The Hall–Kier alpha value is -1.26. The standard InChI is InChI=1S/C8H8O.B.3FH/c1-7(9)8-5-3-2-4-6-8;;;;/h2-6H,1H3;;3*1H/q;+3;;;/p-3. The van der Waals surface area contributed by atoms with E-state index in [1.165, 1.54) is 0 Å². The average Bonchev–Trinajstić information content (AvgIpc) is 1.90. The van der Waals surface area contributed by atoms with E-state index < -0.39 is 0 Å². The van der Waals surface area contributed by atoms with E-state index in [2.05, 4.69) is 0 Å². The molecule has 1 nitrogen and oxygen atoms in total. The fraction of sp³-hybridized carbons (Fsp3) is 0.125. The SMILES string of the molecule is CC(=O)c1ccccc1.[B+3].[F-].[F-].[F-]. The summed E-state index contributed by atoms with van der Waals surface area (Å²) in [6, 6.07) is 9.23. The number of hydrogen-bond acceptors (Lipinski definition) is 1. The van der Waals surface area contributed by atoms with Gasteiger partial charge in [-0.2, -0.15) is 0 Å². The molecule has 0 spiro atoms. The molecule has 5 heteroatoms. The molecule has 0 unspecified atom stereocenters. The van der Waals surface area contributed by atoms with E-state index in [4.69, 9.17) is 0 Å². The van der Waals surface area contributed by atoms with Crippen molar-refractivity contribution in [1.29, 1.82) is 0 Å². The van der Waals surface area contributed by atoms with E-state index in [0.717, 1.165) is 5.56 Å². The molecule has 0 saturated heterocycles. The second-order valence-corrected chi connectivity index (χ2v) is 1.92. The van der Waals surface area contributed by atoms with Crippen molar-refractivity contribution >= 4 is 14.2 Å². The van der Waals surface area contributed by atoms with E-state index in [1.807, 2.05) is 30.3 Å². The predicted molar refractivity (Wildman–Crippen MR) is 42.2 cm³/mol. The maximum Gasteiger partial charge on any atom is 3.00 e. The van der Waals surface area contributed by atoms with Gasteiger partial charge in [-0.1, -0.05) is 30.3 Å². The van der Waals surface area contributed by atoms with E-state index in [1.54, 1.807) is 6.92 Å². The van der Waals surface area contributed by atoms with Crippen LogP contribution in [0.4, 0.5) is 0 Å². The van der Waals surface area contributed by atoms with Gasteiger partial charge in [0.1, 0.15) is 0 Å². The molecule has 0 amide bonds. The second-order valence-electron chi connectivity index (χ2n) is 1.92. The van der Waals surface area contributed by atoms with Gasteiger partial charge in [0.15, 0.2) is 5.78 Å². The van der Waals surface area contributed by atoms with Crippen molar-refractivity contribution < 1.29 is 18.9 Å². The average molecular weight is 188 g/mol. The van der Waals surface area contributed by atoms with Crippen LogP contribution in [-0.2, 0) is 0 Å². The molecule has 13 heavy (non-hydrogen) atoms. The first-order chi connectivity index (χ1) is 4.30. The van der Waals surface area contributed by atoms with Gasteiger partial charge in [0, 0.05) is 5.56 Å². The number of halogens is 3. The Balaban J connectivity index is -0.000000101. The van der Waals surface area contributed by atoms with E-state index in [0.29, 0.717) is 0 Å². The molecule has 1 aromatic carbocycles. The van der Waals surface area contributed by atoms with Crippen LogP contribution in [-0.4, -0.2) is 14.2 Å². The summed E-state index contributed by atoms with van der Waals surface area (Å²) in [4.78, 5) is 10.6. The van der Waals surface area contributed by atoms with Crippen molar-refractivity contribution in [3.05, 3.63) is 35.9 Å². The molecule has 0 saturated carbocycles. The number of ketones is 1. The van der Waals surface area contributed by atoms with Crippen molar-refractivity contribution in [2.75, 3.05) is 0 Å². The van der Waals surface area contributed by atoms with Crippen LogP contribution in [0.3, 0.4) is 0 Å². The summed E-state index contributed by atoms with van der Waals surface area (Å²) in [5.41, 5.74) is 0.775. The molecule has 1 aromatic rings. The maximum absolute atomic E-state index is 10.6. The topological polar surface area (TPSA) is 17.1 Å². The van der Waals surface area contributed by atoms with Gasteiger partial charge in [-0.15, -0.1) is 0 Å². The maximum atomic E-state index is 10.6. The Kier molecular flexibility index (Phi) is 18.7. The van der Waals surface area contributed by atoms with E-state index >= 15 is 0 Å². The molecule has 0 aliphatic rings. The minimum atomic E-state index is 0. The van der Waals surface area contributed by atoms with Gasteiger partial charge < -0.3 is 14.1 Å². The van der Waals surface area contributed by atoms with Gasteiger partial charge in [-0.3, -0.25) is 4.79 Å². The Morgan fingerprint density at radius 1 is 1.00 bits per heavy atom. The van der Waals surface area contributed by atoms with Crippen LogP contribution in [0.25, 0.3) is 0 Å². The normalized spacial score (nSPS) is 6.23. The number of carbonyl (C=O) groups is 1. The van der Waals surface area contributed by atoms with E-state index in [-0.39, 0.29) is 28.3 Å². The summed E-state index contributed by atoms with van der Waals surface area (Å²) in [5.74, 6) is 0.121. The van der Waals surface area contributed by atoms with Crippen LogP contribution in [0.2, 0.25) is 0 Å². The number of carbonyl (C=O) groups excluding carboxylic acids is 1. The van der Waals surface area contributed by atoms with Crippen LogP contribution in [0.1, 0.15) is 17.3 Å². The quantitative estimate of drug-likeness (QED) is 0.316. The van der Waals surface area contributed by atoms with Crippen LogP contribution in [0.5, 0.6) is 0 Å². The Morgan fingerprint density at radius 2 is 1.38 bits per heavy atom. The third-order valence-corrected chi connectivity index (χ3v) is 1.18. The van der Waals surface area contributed by atoms with Crippen molar-refractivity contribution in [3.63, 3.8) is 0 Å². The molecule has 0 heterocycles. The second kappa shape index (κ2) is 10.7. The molecule has 0 aliphatic heterocycles. The summed E-state index contributed by atoms with van der Waals surface area (Å²) < 4.78 is 0. The van der Waals surface area contributed by atoms with Gasteiger partial charge in [-0.25, -0.2) is 0 Å². The van der Waals surface area contributed by atoms with Crippen LogP contribution in [0.15, 0.2) is 30.3 Å². The Bertz CT molecular complexity index is 216. The Morgan fingerprint density at radius 3 is 1.62 bits per heavy atom. The third-order valence-electron chi connectivity index (χ3n) is 1.18. The third kappa shape index (κ3) is 7.12. The minimum Gasteiger partial charge on any atom is -1.00 e. The molecule has 1 rings (SSSR count). The molecule has 0 radical (unpaired) electrons. The van der Waals surface area contributed by atoms with Gasteiger partial charge >= 0.3 is 8.41 Å². The zero-order chi connectivity index (χ0) is 6.69. The number of rotatable bonds is 1. The predicted octanol–water partition coefficient (Wildman–Crippen LogP) is -7.48. The molecule has 70 valence electrons. The van der Waals surface area contributed by atoms with Gasteiger partial charge in [0.05, 0.1) is 0 Å². The molecular formula is C8H8BF3O. The minimum absolute atomic E-state index is 0. The first-order valence-corrected chi connectivity index (χ1v) is 2.86. The summed E-state index contributed by atoms with van der Waals surface area (Å²) in [5, 5.41) is 0. The first-order valence-electron chi connectivity index (χ1n) is 2.86. The largest absolute Gasteiger partial charge is 3.00 e. The molecule has 0 aromatic heterocycles. The van der Waals surface area contributed by atoms with Gasteiger partial charge in [-0.05, 0) is 6.92 Å². The summed E-state index contributed by atoms with van der Waals surface area (Å²) in [6.45, 7) is 1.56. The van der Waals surface area contributed by atoms with Crippen LogP contribution < -0.4 is 14.1 Å². The molecule has 0 bridgehead atoms. The van der Waals surface area contributed by atoms with Crippen LogP contribution >= 0.6 is 0 Å². The summed E-state index contributed by atoms with van der Waals surface area (Å²) in [7, 11) is 0. The number of hydrogen-bond donors (Lipinski definition) is 0. The van der Waals surface area contributed by atoms with Crippen molar-refractivity contribution in [1.82, 2.24) is 0 Å². The zero-order valence-electron chi connectivity index (χ0n) is 7.01. The van der Waals surface area contributed by atoms with Crippen LogP contribution in [0, 0.1) is 0 Å². The fourth-order valence-electron chi connectivity index (χ4n) is 0.673. The first kappa shape index (κ1) is 22.6. The van der Waals surface area contributed by atoms with Crippen molar-refractivity contribution in [2.24, 2.45) is 0 Å². The smallest absolute Gasteiger partial charge is 1.00 e. The number of benzene rings is 1. The molecule has 0 aliphatic carbocycles. The molecule has 0 atom stereocenters. The van der Waals surface area contributed by atoms with Crippen molar-refractivity contribution in [3.8, 4) is 0 Å². The zero-order valence-corrected chi connectivity index (χ0v) is 7.01. The fourth-order valence-corrected chi connectivity index (χ4v) is 0.673. The Labute approximate surface area is 76.8 Å².